The minimum Gasteiger partial charge on any atom is -0.394 e. The van der Waals surface area contributed by atoms with E-state index in [1.54, 1.807) is 0 Å². The summed E-state index contributed by atoms with van der Waals surface area (Å²) >= 11 is 0. The van der Waals surface area contributed by atoms with Crippen LogP contribution in [0.25, 0.3) is 0 Å². The summed E-state index contributed by atoms with van der Waals surface area (Å²) in [6.07, 6.45) is -4.18. The highest BCUT2D eigenvalue weighted by molar-refractivity contribution is 5.18. The molecule has 1 aromatic heterocycles. The smallest absolute Gasteiger partial charge is 0.274 e. The highest BCUT2D eigenvalue weighted by Crippen LogP contribution is 2.32. The molecule has 1 aliphatic rings. The zero-order chi connectivity index (χ0) is 12.6. The largest absolute Gasteiger partial charge is 0.394 e. The number of nitrogens with zero attached hydrogens (tertiary/aromatic N) is 2. The fourth-order valence-electron chi connectivity index (χ4n) is 1.72. The van der Waals surface area contributed by atoms with Crippen LogP contribution < -0.4 is 11.3 Å². The van der Waals surface area contributed by atoms with Crippen molar-refractivity contribution < 1.29 is 19.3 Å². The van der Waals surface area contributed by atoms with E-state index in [-0.39, 0.29) is 5.95 Å². The molecule has 0 amide bonds. The number of aliphatic hydroxyl groups excluding tert-OH is 2. The molecule has 1 saturated heterocycles. The third-order valence-corrected chi connectivity index (χ3v) is 2.61. The summed E-state index contributed by atoms with van der Waals surface area (Å²) in [5.74, 6) is -0.212. The van der Waals surface area contributed by atoms with E-state index in [0.717, 1.165) is 10.6 Å². The van der Waals surface area contributed by atoms with Gasteiger partial charge in [-0.3, -0.25) is 9.36 Å². The Morgan fingerprint density at radius 3 is 2.88 bits per heavy atom. The highest BCUT2D eigenvalue weighted by Gasteiger charge is 2.45. The van der Waals surface area contributed by atoms with Crippen molar-refractivity contribution in [3.8, 4) is 0 Å². The molecule has 17 heavy (non-hydrogen) atoms. The van der Waals surface area contributed by atoms with Crippen LogP contribution in [-0.2, 0) is 4.74 Å². The van der Waals surface area contributed by atoms with Gasteiger partial charge in [-0.1, -0.05) is 0 Å². The van der Waals surface area contributed by atoms with Crippen molar-refractivity contribution in [1.82, 2.24) is 9.55 Å². The molecule has 7 nitrogen and oxygen atoms in total. The number of anilines is 1. The lowest BCUT2D eigenvalue weighted by Gasteiger charge is -2.18. The number of nitrogens with two attached hydrogens (primary N) is 1. The van der Waals surface area contributed by atoms with E-state index in [9.17, 15) is 14.3 Å². The van der Waals surface area contributed by atoms with Gasteiger partial charge in [-0.2, -0.15) is 4.98 Å². The van der Waals surface area contributed by atoms with E-state index in [1.807, 2.05) is 0 Å². The Balaban J connectivity index is 2.32. The topological polar surface area (TPSA) is 111 Å². The van der Waals surface area contributed by atoms with Crippen molar-refractivity contribution >= 4 is 5.95 Å². The van der Waals surface area contributed by atoms with Crippen LogP contribution in [0.5, 0.6) is 0 Å². The summed E-state index contributed by atoms with van der Waals surface area (Å²) < 4.78 is 19.9. The molecule has 0 aliphatic carbocycles. The van der Waals surface area contributed by atoms with Crippen molar-refractivity contribution in [2.45, 2.75) is 24.6 Å². The maximum absolute atomic E-state index is 13.7. The van der Waals surface area contributed by atoms with E-state index < -0.39 is 36.8 Å². The van der Waals surface area contributed by atoms with Crippen molar-refractivity contribution in [3.63, 3.8) is 0 Å². The molecule has 0 radical (unpaired) electrons. The Morgan fingerprint density at radius 2 is 2.35 bits per heavy atom. The van der Waals surface area contributed by atoms with Crippen LogP contribution in [0.1, 0.15) is 6.23 Å². The Kier molecular flexibility index (Phi) is 3.09. The Bertz CT molecular complexity index is 466. The molecule has 0 bridgehead atoms. The molecule has 0 saturated carbocycles. The third kappa shape index (κ3) is 2.02. The SMILES string of the molecule is Nc1nc(=O)ccn1[C@@H]1O[C@H](CO)C(O)[C@@H]1F. The van der Waals surface area contributed by atoms with Gasteiger partial charge in [0.05, 0.1) is 6.61 Å². The molecule has 94 valence electrons. The minimum atomic E-state index is -1.75. The predicted molar refractivity (Wildman–Crippen MR) is 54.8 cm³/mol. The van der Waals surface area contributed by atoms with Gasteiger partial charge in [0.25, 0.3) is 5.56 Å². The van der Waals surface area contributed by atoms with Gasteiger partial charge in [0.1, 0.15) is 12.2 Å². The van der Waals surface area contributed by atoms with Gasteiger partial charge in [-0.25, -0.2) is 4.39 Å². The zero-order valence-corrected chi connectivity index (χ0v) is 8.73. The molecule has 1 fully saturated rings. The predicted octanol–water partition coefficient (Wildman–Crippen LogP) is -1.59. The van der Waals surface area contributed by atoms with Gasteiger partial charge in [0, 0.05) is 12.3 Å². The molecule has 4 atom stereocenters. The summed E-state index contributed by atoms with van der Waals surface area (Å²) in [5, 5.41) is 18.3. The van der Waals surface area contributed by atoms with E-state index in [1.165, 1.54) is 6.20 Å². The van der Waals surface area contributed by atoms with Crippen LogP contribution in [0, 0.1) is 0 Å². The van der Waals surface area contributed by atoms with Crippen LogP contribution in [0.3, 0.4) is 0 Å². The van der Waals surface area contributed by atoms with E-state index >= 15 is 0 Å². The van der Waals surface area contributed by atoms with Crippen LogP contribution >= 0.6 is 0 Å². The molecule has 2 rings (SSSR count). The average molecular weight is 245 g/mol. The molecule has 8 heteroatoms. The molecule has 0 aromatic carbocycles. The minimum absolute atomic E-state index is 0.212. The maximum Gasteiger partial charge on any atom is 0.274 e. The van der Waals surface area contributed by atoms with E-state index in [0.29, 0.717) is 0 Å². The van der Waals surface area contributed by atoms with Gasteiger partial charge in [-0.15, -0.1) is 0 Å². The molecular formula is C9H12FN3O4. The second-order valence-corrected chi connectivity index (χ2v) is 3.71. The van der Waals surface area contributed by atoms with Crippen molar-refractivity contribution in [1.29, 1.82) is 0 Å². The van der Waals surface area contributed by atoms with Gasteiger partial charge >= 0.3 is 0 Å². The lowest BCUT2D eigenvalue weighted by molar-refractivity contribution is -0.0469. The molecule has 1 unspecified atom stereocenters. The van der Waals surface area contributed by atoms with Crippen LogP contribution in [0.15, 0.2) is 17.1 Å². The Morgan fingerprint density at radius 1 is 1.65 bits per heavy atom. The molecule has 1 aliphatic heterocycles. The molecular weight excluding hydrogens is 233 g/mol. The van der Waals surface area contributed by atoms with Gasteiger partial charge in [0.15, 0.2) is 12.4 Å². The van der Waals surface area contributed by atoms with Gasteiger partial charge in [-0.05, 0) is 0 Å². The lowest BCUT2D eigenvalue weighted by atomic mass is 10.1. The zero-order valence-electron chi connectivity index (χ0n) is 8.73. The number of hydrogen-bond donors (Lipinski definition) is 3. The first kappa shape index (κ1) is 12.0. The molecule has 0 spiro atoms. The number of aliphatic hydroxyl groups is 2. The summed E-state index contributed by atoms with van der Waals surface area (Å²) in [6, 6.07) is 1.10. The second-order valence-electron chi connectivity index (χ2n) is 3.71. The van der Waals surface area contributed by atoms with Gasteiger partial charge in [0.2, 0.25) is 5.95 Å². The summed E-state index contributed by atoms with van der Waals surface area (Å²) in [6.45, 7) is -0.508. The monoisotopic (exact) mass is 245 g/mol. The van der Waals surface area contributed by atoms with E-state index in [2.05, 4.69) is 4.98 Å². The van der Waals surface area contributed by atoms with Gasteiger partial charge < -0.3 is 20.7 Å². The third-order valence-electron chi connectivity index (χ3n) is 2.61. The van der Waals surface area contributed by atoms with E-state index in [4.69, 9.17) is 15.6 Å². The first-order valence-corrected chi connectivity index (χ1v) is 4.97. The number of aromatic nitrogens is 2. The fraction of sp³-hybridized carbons (Fsp3) is 0.556. The first-order chi connectivity index (χ1) is 8.04. The summed E-state index contributed by atoms with van der Waals surface area (Å²) in [4.78, 5) is 14.3. The van der Waals surface area contributed by atoms with Crippen LogP contribution in [-0.4, -0.2) is 44.8 Å². The van der Waals surface area contributed by atoms with Crippen LogP contribution in [0.2, 0.25) is 0 Å². The number of halogens is 1. The summed E-state index contributed by atoms with van der Waals surface area (Å²) in [5.41, 5.74) is 4.91. The number of alkyl halides is 1. The average Bonchev–Trinajstić information content (AvgIpc) is 2.57. The quantitative estimate of drug-likeness (QED) is 0.579. The number of rotatable bonds is 2. The maximum atomic E-state index is 13.7. The number of nitrogen functional groups attached to an aromatic ring is 1. The summed E-state index contributed by atoms with van der Waals surface area (Å²) in [7, 11) is 0. The first-order valence-electron chi connectivity index (χ1n) is 4.97. The molecule has 2 heterocycles. The number of hydrogen-bond acceptors (Lipinski definition) is 6. The standard InChI is InChI=1S/C9H12FN3O4/c10-6-7(16)4(3-14)17-8(6)13-2-1-5(15)12-9(13)11/h1-2,4,6-8,14,16H,3H2,(H2,11,12,15)/t4-,6+,7?,8-/m1/s1. The fourth-order valence-corrected chi connectivity index (χ4v) is 1.72. The van der Waals surface area contributed by atoms with Crippen molar-refractivity contribution in [3.05, 3.63) is 22.6 Å². The van der Waals surface area contributed by atoms with Crippen molar-refractivity contribution in [2.75, 3.05) is 12.3 Å². The molecule has 1 aromatic rings. The second kappa shape index (κ2) is 4.40. The normalized spacial score (nSPS) is 32.9. The number of ether oxygens (including phenoxy) is 1. The van der Waals surface area contributed by atoms with Crippen LogP contribution in [0.4, 0.5) is 10.3 Å². The Hall–Kier alpha value is -1.51. The van der Waals surface area contributed by atoms with Crippen molar-refractivity contribution in [2.24, 2.45) is 0 Å². The highest BCUT2D eigenvalue weighted by atomic mass is 19.1. The Labute approximate surface area is 95.3 Å². The lowest BCUT2D eigenvalue weighted by Crippen LogP contribution is -2.31. The molecule has 4 N–H and O–H groups in total.